The number of methoxy groups -OCH3 is 1. The maximum absolute atomic E-state index is 12.3. The van der Waals surface area contributed by atoms with Gasteiger partial charge >= 0.3 is 0 Å². The minimum Gasteiger partial charge on any atom is -0.497 e. The number of nitrogens with one attached hydrogen (secondary N) is 2. The van der Waals surface area contributed by atoms with E-state index in [0.29, 0.717) is 16.9 Å². The quantitative estimate of drug-likeness (QED) is 0.702. The van der Waals surface area contributed by atoms with E-state index in [-0.39, 0.29) is 11.8 Å². The Kier molecular flexibility index (Phi) is 5.51. The minimum atomic E-state index is -0.432. The van der Waals surface area contributed by atoms with Gasteiger partial charge in [0, 0.05) is 29.3 Å². The van der Waals surface area contributed by atoms with Crippen LogP contribution in [0.5, 0.6) is 5.75 Å². The van der Waals surface area contributed by atoms with Crippen LogP contribution in [0.15, 0.2) is 67.0 Å². The third-order valence-corrected chi connectivity index (χ3v) is 4.06. The standard InChI is InChI=1S/C20H20N4O3/c1-14(24-13-3-12-21-24)19(25)22-16-6-4-15(5-7-16)20(26)23-17-8-10-18(27-2)11-9-17/h3-14H,1-2H3,(H,22,25)(H,23,26). The van der Waals surface area contributed by atoms with E-state index in [2.05, 4.69) is 15.7 Å². The molecule has 1 atom stereocenters. The van der Waals surface area contributed by atoms with Gasteiger partial charge in [0.05, 0.1) is 7.11 Å². The summed E-state index contributed by atoms with van der Waals surface area (Å²) in [6, 6.07) is 15.1. The van der Waals surface area contributed by atoms with Crippen LogP contribution in [-0.4, -0.2) is 28.7 Å². The van der Waals surface area contributed by atoms with Gasteiger partial charge in [-0.25, -0.2) is 0 Å². The van der Waals surface area contributed by atoms with E-state index in [4.69, 9.17) is 4.74 Å². The molecule has 0 saturated heterocycles. The Bertz CT molecular complexity index is 903. The molecule has 27 heavy (non-hydrogen) atoms. The van der Waals surface area contributed by atoms with E-state index in [1.54, 1.807) is 85.7 Å². The van der Waals surface area contributed by atoms with Crippen LogP contribution in [0.3, 0.4) is 0 Å². The van der Waals surface area contributed by atoms with Gasteiger partial charge in [-0.05, 0) is 61.5 Å². The molecular weight excluding hydrogens is 344 g/mol. The van der Waals surface area contributed by atoms with Crippen LogP contribution in [0.1, 0.15) is 23.3 Å². The molecule has 3 rings (SSSR count). The van der Waals surface area contributed by atoms with Crippen molar-refractivity contribution in [2.45, 2.75) is 13.0 Å². The number of carbonyl (C=O) groups is 2. The van der Waals surface area contributed by atoms with E-state index in [1.165, 1.54) is 0 Å². The third kappa shape index (κ3) is 4.52. The summed E-state index contributed by atoms with van der Waals surface area (Å²) in [5.74, 6) is 0.300. The average molecular weight is 364 g/mol. The number of hydrogen-bond donors (Lipinski definition) is 2. The lowest BCUT2D eigenvalue weighted by Crippen LogP contribution is -2.24. The molecule has 1 heterocycles. The molecule has 2 N–H and O–H groups in total. The zero-order valence-electron chi connectivity index (χ0n) is 15.0. The van der Waals surface area contributed by atoms with Gasteiger partial charge < -0.3 is 15.4 Å². The SMILES string of the molecule is COc1ccc(NC(=O)c2ccc(NC(=O)C(C)n3cccn3)cc2)cc1. The maximum atomic E-state index is 12.3. The molecule has 138 valence electrons. The lowest BCUT2D eigenvalue weighted by molar-refractivity contribution is -0.119. The lowest BCUT2D eigenvalue weighted by atomic mass is 10.2. The van der Waals surface area contributed by atoms with Gasteiger partial charge in [0.1, 0.15) is 11.8 Å². The van der Waals surface area contributed by atoms with Crippen molar-refractivity contribution in [2.75, 3.05) is 17.7 Å². The average Bonchev–Trinajstić information content (AvgIpc) is 3.23. The summed E-state index contributed by atoms with van der Waals surface area (Å²) >= 11 is 0. The molecule has 2 amide bonds. The van der Waals surface area contributed by atoms with Gasteiger partial charge in [0.2, 0.25) is 5.91 Å². The lowest BCUT2D eigenvalue weighted by Gasteiger charge is -2.13. The van der Waals surface area contributed by atoms with Crippen molar-refractivity contribution < 1.29 is 14.3 Å². The molecule has 0 spiro atoms. The fraction of sp³-hybridized carbons (Fsp3) is 0.150. The predicted molar refractivity (Wildman–Crippen MR) is 103 cm³/mol. The van der Waals surface area contributed by atoms with E-state index in [9.17, 15) is 9.59 Å². The molecule has 2 aromatic carbocycles. The Morgan fingerprint density at radius 1 is 1.00 bits per heavy atom. The monoisotopic (exact) mass is 364 g/mol. The summed E-state index contributed by atoms with van der Waals surface area (Å²) in [6.45, 7) is 1.76. The molecule has 7 heteroatoms. The van der Waals surface area contributed by atoms with Crippen molar-refractivity contribution in [1.82, 2.24) is 9.78 Å². The number of benzene rings is 2. The highest BCUT2D eigenvalue weighted by atomic mass is 16.5. The van der Waals surface area contributed by atoms with Crippen LogP contribution in [-0.2, 0) is 4.79 Å². The normalized spacial score (nSPS) is 11.5. The van der Waals surface area contributed by atoms with Crippen LogP contribution in [0.25, 0.3) is 0 Å². The molecule has 0 aliphatic rings. The Morgan fingerprint density at radius 2 is 1.63 bits per heavy atom. The zero-order chi connectivity index (χ0) is 19.2. The molecule has 7 nitrogen and oxygen atoms in total. The predicted octanol–water partition coefficient (Wildman–Crippen LogP) is 3.34. The molecule has 3 aromatic rings. The molecule has 0 aliphatic heterocycles. The third-order valence-electron chi connectivity index (χ3n) is 4.06. The van der Waals surface area contributed by atoms with E-state index < -0.39 is 6.04 Å². The Morgan fingerprint density at radius 3 is 2.22 bits per heavy atom. The summed E-state index contributed by atoms with van der Waals surface area (Å²) in [4.78, 5) is 24.6. The van der Waals surface area contributed by atoms with Crippen LogP contribution < -0.4 is 15.4 Å². The molecule has 0 fully saturated rings. The molecular formula is C20H20N4O3. The topological polar surface area (TPSA) is 85.3 Å². The fourth-order valence-electron chi connectivity index (χ4n) is 2.46. The first kappa shape index (κ1) is 18.2. The second kappa shape index (κ2) is 8.18. The number of amides is 2. The highest BCUT2D eigenvalue weighted by molar-refractivity contribution is 6.04. The molecule has 0 aliphatic carbocycles. The number of anilines is 2. The van der Waals surface area contributed by atoms with Crippen molar-refractivity contribution in [3.8, 4) is 5.75 Å². The number of rotatable bonds is 6. The minimum absolute atomic E-state index is 0.186. The van der Waals surface area contributed by atoms with Crippen LogP contribution in [0.2, 0.25) is 0 Å². The van der Waals surface area contributed by atoms with Crippen molar-refractivity contribution in [1.29, 1.82) is 0 Å². The molecule has 1 aromatic heterocycles. The van der Waals surface area contributed by atoms with Crippen LogP contribution >= 0.6 is 0 Å². The van der Waals surface area contributed by atoms with Gasteiger partial charge in [-0.1, -0.05) is 0 Å². The summed E-state index contributed by atoms with van der Waals surface area (Å²) in [6.07, 6.45) is 3.36. The summed E-state index contributed by atoms with van der Waals surface area (Å²) in [5, 5.41) is 9.69. The van der Waals surface area contributed by atoms with E-state index in [0.717, 1.165) is 5.75 Å². The fourth-order valence-corrected chi connectivity index (χ4v) is 2.46. The Balaban J connectivity index is 1.60. The first-order chi connectivity index (χ1) is 13.1. The van der Waals surface area contributed by atoms with Gasteiger partial charge in [0.25, 0.3) is 5.91 Å². The molecule has 0 saturated carbocycles. The first-order valence-corrected chi connectivity index (χ1v) is 8.42. The second-order valence-electron chi connectivity index (χ2n) is 5.91. The number of carbonyl (C=O) groups excluding carboxylic acids is 2. The summed E-state index contributed by atoms with van der Waals surface area (Å²) in [7, 11) is 1.59. The van der Waals surface area contributed by atoms with E-state index >= 15 is 0 Å². The highest BCUT2D eigenvalue weighted by Crippen LogP contribution is 2.17. The smallest absolute Gasteiger partial charge is 0.255 e. The van der Waals surface area contributed by atoms with Crippen molar-refractivity contribution in [3.05, 3.63) is 72.6 Å². The van der Waals surface area contributed by atoms with Crippen molar-refractivity contribution >= 4 is 23.2 Å². The first-order valence-electron chi connectivity index (χ1n) is 8.42. The van der Waals surface area contributed by atoms with Crippen LogP contribution in [0.4, 0.5) is 11.4 Å². The maximum Gasteiger partial charge on any atom is 0.255 e. The van der Waals surface area contributed by atoms with Crippen molar-refractivity contribution in [2.24, 2.45) is 0 Å². The van der Waals surface area contributed by atoms with Gasteiger partial charge in [-0.15, -0.1) is 0 Å². The highest BCUT2D eigenvalue weighted by Gasteiger charge is 2.15. The second-order valence-corrected chi connectivity index (χ2v) is 5.91. The van der Waals surface area contributed by atoms with Crippen molar-refractivity contribution in [3.63, 3.8) is 0 Å². The number of aromatic nitrogens is 2. The summed E-state index contributed by atoms with van der Waals surface area (Å²) in [5.41, 5.74) is 1.77. The Labute approximate surface area is 157 Å². The van der Waals surface area contributed by atoms with Crippen LogP contribution in [0, 0.1) is 0 Å². The molecule has 0 bridgehead atoms. The van der Waals surface area contributed by atoms with Gasteiger partial charge in [-0.2, -0.15) is 5.10 Å². The zero-order valence-corrected chi connectivity index (χ0v) is 15.0. The largest absolute Gasteiger partial charge is 0.497 e. The summed E-state index contributed by atoms with van der Waals surface area (Å²) < 4.78 is 6.67. The van der Waals surface area contributed by atoms with Gasteiger partial charge in [0.15, 0.2) is 0 Å². The molecule has 1 unspecified atom stereocenters. The molecule has 0 radical (unpaired) electrons. The van der Waals surface area contributed by atoms with Gasteiger partial charge in [-0.3, -0.25) is 14.3 Å². The number of hydrogen-bond acceptors (Lipinski definition) is 4. The Hall–Kier alpha value is -3.61. The number of nitrogens with zero attached hydrogens (tertiary/aromatic N) is 2. The van der Waals surface area contributed by atoms with E-state index in [1.807, 2.05) is 0 Å². The number of ether oxygens (including phenoxy) is 1.